The van der Waals surface area contributed by atoms with Crippen molar-refractivity contribution in [3.05, 3.63) is 57.7 Å². The molecular formula is C22H23N3O3S. The molecule has 2 fully saturated rings. The maximum Gasteiger partial charge on any atom is 0.307 e. The summed E-state index contributed by atoms with van der Waals surface area (Å²) < 4.78 is 1.87. The molecule has 0 bridgehead atoms. The number of fused-ring (bicyclic) bond motifs is 3. The Morgan fingerprint density at radius 3 is 2.76 bits per heavy atom. The molecule has 2 saturated heterocycles. The summed E-state index contributed by atoms with van der Waals surface area (Å²) >= 11 is 1.58. The van der Waals surface area contributed by atoms with E-state index >= 15 is 0 Å². The van der Waals surface area contributed by atoms with Gasteiger partial charge in [-0.05, 0) is 48.4 Å². The number of carboxylic acids is 1. The van der Waals surface area contributed by atoms with E-state index in [1.165, 1.54) is 5.56 Å². The Morgan fingerprint density at radius 1 is 1.14 bits per heavy atom. The van der Waals surface area contributed by atoms with Crippen LogP contribution in [0.3, 0.4) is 0 Å². The highest BCUT2D eigenvalue weighted by Crippen LogP contribution is 2.29. The molecule has 150 valence electrons. The van der Waals surface area contributed by atoms with Crippen LogP contribution in [-0.4, -0.2) is 48.4 Å². The summed E-state index contributed by atoms with van der Waals surface area (Å²) in [6, 6.07) is 11.6. The SMILES string of the molecule is O=C(O)Cc1ccc2sc3ccc(C4CNC5NCCCN5C4)cc3c(=O)c2c1. The van der Waals surface area contributed by atoms with Gasteiger partial charge < -0.3 is 5.11 Å². The fourth-order valence-electron chi connectivity index (χ4n) is 4.46. The van der Waals surface area contributed by atoms with E-state index in [1.807, 2.05) is 12.1 Å². The van der Waals surface area contributed by atoms with Gasteiger partial charge in [-0.1, -0.05) is 12.1 Å². The zero-order valence-corrected chi connectivity index (χ0v) is 16.8. The van der Waals surface area contributed by atoms with Crippen molar-refractivity contribution in [3.63, 3.8) is 0 Å². The quantitative estimate of drug-likeness (QED) is 0.576. The Balaban J connectivity index is 1.53. The molecule has 0 spiro atoms. The smallest absolute Gasteiger partial charge is 0.307 e. The number of benzene rings is 2. The van der Waals surface area contributed by atoms with Crippen LogP contribution in [0.1, 0.15) is 23.5 Å². The van der Waals surface area contributed by atoms with Gasteiger partial charge in [-0.25, -0.2) is 0 Å². The van der Waals surface area contributed by atoms with Crippen LogP contribution in [0.4, 0.5) is 0 Å². The van der Waals surface area contributed by atoms with Crippen LogP contribution in [0.25, 0.3) is 20.2 Å². The van der Waals surface area contributed by atoms with E-state index in [0.717, 1.165) is 47.4 Å². The average Bonchev–Trinajstić information content (AvgIpc) is 2.73. The van der Waals surface area contributed by atoms with Crippen molar-refractivity contribution in [3.8, 4) is 0 Å². The fourth-order valence-corrected chi connectivity index (χ4v) is 5.49. The van der Waals surface area contributed by atoms with Crippen LogP contribution in [0.2, 0.25) is 0 Å². The molecule has 2 aromatic carbocycles. The van der Waals surface area contributed by atoms with Gasteiger partial charge in [0.05, 0.1) is 6.42 Å². The molecule has 3 aromatic rings. The third-order valence-electron chi connectivity index (χ3n) is 5.92. The van der Waals surface area contributed by atoms with Crippen molar-refractivity contribution in [2.45, 2.75) is 25.0 Å². The van der Waals surface area contributed by atoms with Crippen molar-refractivity contribution >= 4 is 37.5 Å². The minimum atomic E-state index is -0.890. The lowest BCUT2D eigenvalue weighted by molar-refractivity contribution is -0.136. The monoisotopic (exact) mass is 409 g/mol. The van der Waals surface area contributed by atoms with Gasteiger partial charge in [0.2, 0.25) is 0 Å². The number of hydrogen-bond donors (Lipinski definition) is 3. The van der Waals surface area contributed by atoms with Crippen LogP contribution < -0.4 is 16.1 Å². The number of carbonyl (C=O) groups is 1. The van der Waals surface area contributed by atoms with Gasteiger partial charge in [-0.3, -0.25) is 25.1 Å². The molecule has 2 unspecified atom stereocenters. The lowest BCUT2D eigenvalue weighted by Gasteiger charge is -2.43. The summed E-state index contributed by atoms with van der Waals surface area (Å²) in [6.07, 6.45) is 1.34. The molecule has 2 aliphatic heterocycles. The van der Waals surface area contributed by atoms with E-state index in [2.05, 4.69) is 27.7 Å². The van der Waals surface area contributed by atoms with Gasteiger partial charge in [0.25, 0.3) is 0 Å². The van der Waals surface area contributed by atoms with E-state index in [1.54, 1.807) is 23.5 Å². The molecule has 6 nitrogen and oxygen atoms in total. The van der Waals surface area contributed by atoms with Crippen LogP contribution in [0, 0.1) is 0 Å². The third-order valence-corrected chi connectivity index (χ3v) is 7.07. The van der Waals surface area contributed by atoms with E-state index < -0.39 is 5.97 Å². The molecule has 0 amide bonds. The van der Waals surface area contributed by atoms with Crippen molar-refractivity contribution in [1.82, 2.24) is 15.5 Å². The van der Waals surface area contributed by atoms with Gasteiger partial charge in [0.1, 0.15) is 6.29 Å². The first kappa shape index (κ1) is 18.7. The number of carboxylic acid groups (broad SMARTS) is 1. The molecule has 0 radical (unpaired) electrons. The second kappa shape index (κ2) is 7.50. The summed E-state index contributed by atoms with van der Waals surface area (Å²) in [4.78, 5) is 26.7. The standard InChI is InChI=1S/C22H23N3O3S/c26-20(27)9-13-2-4-18-16(8-13)21(28)17-10-14(3-5-19(17)29-18)15-11-24-22-23-6-1-7-25(22)12-15/h2-5,8,10,15,22-24H,1,6-7,9,11-12H2,(H,26,27). The highest BCUT2D eigenvalue weighted by molar-refractivity contribution is 7.24. The molecule has 0 aliphatic carbocycles. The van der Waals surface area contributed by atoms with Crippen LogP contribution in [-0.2, 0) is 11.2 Å². The Labute approximate surface area is 172 Å². The average molecular weight is 410 g/mol. The predicted molar refractivity (Wildman–Crippen MR) is 116 cm³/mol. The topological polar surface area (TPSA) is 81.7 Å². The van der Waals surface area contributed by atoms with Crippen molar-refractivity contribution in [2.24, 2.45) is 0 Å². The molecule has 7 heteroatoms. The fraction of sp³-hybridized carbons (Fsp3) is 0.364. The normalized spacial score (nSPS) is 22.6. The minimum Gasteiger partial charge on any atom is -0.481 e. The van der Waals surface area contributed by atoms with E-state index in [-0.39, 0.29) is 18.1 Å². The summed E-state index contributed by atoms with van der Waals surface area (Å²) in [7, 11) is 0. The van der Waals surface area contributed by atoms with Gasteiger partial charge in [-0.15, -0.1) is 11.3 Å². The lowest BCUT2D eigenvalue weighted by Crippen LogP contribution is -2.63. The summed E-state index contributed by atoms with van der Waals surface area (Å²) in [5.41, 5.74) is 1.83. The number of hydrogen-bond acceptors (Lipinski definition) is 6. The zero-order chi connectivity index (χ0) is 20.0. The first-order valence-corrected chi connectivity index (χ1v) is 10.8. The molecule has 1 aromatic heterocycles. The lowest BCUT2D eigenvalue weighted by atomic mass is 9.95. The maximum atomic E-state index is 13.2. The van der Waals surface area contributed by atoms with E-state index in [0.29, 0.717) is 16.9 Å². The van der Waals surface area contributed by atoms with Crippen molar-refractivity contribution < 1.29 is 9.90 Å². The third kappa shape index (κ3) is 3.55. The summed E-state index contributed by atoms with van der Waals surface area (Å²) in [5.74, 6) is -0.548. The maximum absolute atomic E-state index is 13.2. The van der Waals surface area contributed by atoms with Gasteiger partial charge in [0, 0.05) is 45.7 Å². The molecule has 2 atom stereocenters. The molecule has 3 heterocycles. The summed E-state index contributed by atoms with van der Waals surface area (Å²) in [5, 5.41) is 17.5. The first-order valence-electron chi connectivity index (χ1n) is 10.0. The van der Waals surface area contributed by atoms with Gasteiger partial charge >= 0.3 is 5.97 Å². The Morgan fingerprint density at radius 2 is 1.93 bits per heavy atom. The number of nitrogens with one attached hydrogen (secondary N) is 2. The largest absolute Gasteiger partial charge is 0.481 e. The van der Waals surface area contributed by atoms with E-state index in [4.69, 9.17) is 5.11 Å². The zero-order valence-electron chi connectivity index (χ0n) is 16.0. The van der Waals surface area contributed by atoms with E-state index in [9.17, 15) is 9.59 Å². The van der Waals surface area contributed by atoms with Crippen LogP contribution in [0.15, 0.2) is 41.2 Å². The second-order valence-corrected chi connectivity index (χ2v) is 8.98. The highest BCUT2D eigenvalue weighted by Gasteiger charge is 2.30. The Bertz CT molecular complexity index is 1160. The number of rotatable bonds is 3. The molecular weight excluding hydrogens is 386 g/mol. The molecule has 5 rings (SSSR count). The van der Waals surface area contributed by atoms with Crippen molar-refractivity contribution in [2.75, 3.05) is 26.2 Å². The highest BCUT2D eigenvalue weighted by atomic mass is 32.1. The Kier molecular flexibility index (Phi) is 4.83. The second-order valence-electron chi connectivity index (χ2n) is 7.90. The summed E-state index contributed by atoms with van der Waals surface area (Å²) in [6.45, 7) is 3.99. The van der Waals surface area contributed by atoms with Gasteiger partial charge in [-0.2, -0.15) is 0 Å². The predicted octanol–water partition coefficient (Wildman–Crippen LogP) is 2.31. The molecule has 0 saturated carbocycles. The molecule has 3 N–H and O–H groups in total. The van der Waals surface area contributed by atoms with Crippen molar-refractivity contribution in [1.29, 1.82) is 0 Å². The number of aliphatic carboxylic acids is 1. The number of nitrogens with zero attached hydrogens (tertiary/aromatic N) is 1. The van der Waals surface area contributed by atoms with Crippen LogP contribution in [0.5, 0.6) is 0 Å². The Hall–Kier alpha value is -2.32. The first-order chi connectivity index (χ1) is 14.1. The molecule has 2 aliphatic rings. The van der Waals surface area contributed by atoms with Crippen LogP contribution >= 0.6 is 11.3 Å². The molecule has 29 heavy (non-hydrogen) atoms. The minimum absolute atomic E-state index is 0.0101. The van der Waals surface area contributed by atoms with Gasteiger partial charge in [0.15, 0.2) is 5.43 Å².